The molecule has 1 fully saturated rings. The first-order valence-corrected chi connectivity index (χ1v) is 4.71. The molecule has 0 aliphatic heterocycles. The SMILES string of the molecule is COc1cc(C2CC2)cc(OC)c1O. The third-order valence-corrected chi connectivity index (χ3v) is 2.55. The normalized spacial score (nSPS) is 15.3. The number of benzene rings is 1. The summed E-state index contributed by atoms with van der Waals surface area (Å²) in [6, 6.07) is 3.77. The Morgan fingerprint density at radius 2 is 1.64 bits per heavy atom. The van der Waals surface area contributed by atoms with Crippen LogP contribution in [0.4, 0.5) is 0 Å². The number of rotatable bonds is 3. The second kappa shape index (κ2) is 3.40. The minimum absolute atomic E-state index is 0.0828. The van der Waals surface area contributed by atoms with Crippen molar-refractivity contribution in [2.75, 3.05) is 14.2 Å². The van der Waals surface area contributed by atoms with E-state index in [0.717, 1.165) is 0 Å². The van der Waals surface area contributed by atoms with E-state index in [4.69, 9.17) is 9.47 Å². The molecule has 1 saturated carbocycles. The van der Waals surface area contributed by atoms with Crippen LogP contribution in [0.25, 0.3) is 0 Å². The van der Waals surface area contributed by atoms with Crippen LogP contribution in [0, 0.1) is 0 Å². The molecular weight excluding hydrogens is 180 g/mol. The van der Waals surface area contributed by atoms with E-state index in [2.05, 4.69) is 0 Å². The molecule has 0 unspecified atom stereocenters. The van der Waals surface area contributed by atoms with E-state index in [9.17, 15) is 5.11 Å². The van der Waals surface area contributed by atoms with E-state index in [1.165, 1.54) is 18.4 Å². The number of methoxy groups -OCH3 is 2. The molecule has 0 aromatic heterocycles. The lowest BCUT2D eigenvalue weighted by atomic mass is 10.1. The summed E-state index contributed by atoms with van der Waals surface area (Å²) in [6.45, 7) is 0. The minimum atomic E-state index is 0.0828. The second-order valence-electron chi connectivity index (χ2n) is 3.55. The molecule has 3 nitrogen and oxygen atoms in total. The summed E-state index contributed by atoms with van der Waals surface area (Å²) in [5.74, 6) is 1.69. The fraction of sp³-hybridized carbons (Fsp3) is 0.455. The predicted molar refractivity (Wildman–Crippen MR) is 53.2 cm³/mol. The van der Waals surface area contributed by atoms with Gasteiger partial charge in [-0.3, -0.25) is 0 Å². The maximum Gasteiger partial charge on any atom is 0.200 e. The van der Waals surface area contributed by atoms with E-state index >= 15 is 0 Å². The third kappa shape index (κ3) is 1.50. The summed E-state index contributed by atoms with van der Waals surface area (Å²) >= 11 is 0. The van der Waals surface area contributed by atoms with Crippen LogP contribution in [0.3, 0.4) is 0 Å². The Morgan fingerprint density at radius 1 is 1.14 bits per heavy atom. The summed E-state index contributed by atoms with van der Waals surface area (Å²) in [5, 5.41) is 9.67. The van der Waals surface area contributed by atoms with Crippen molar-refractivity contribution in [2.24, 2.45) is 0 Å². The highest BCUT2D eigenvalue weighted by Gasteiger charge is 2.26. The van der Waals surface area contributed by atoms with Crippen molar-refractivity contribution in [1.82, 2.24) is 0 Å². The lowest BCUT2D eigenvalue weighted by Gasteiger charge is -2.10. The molecule has 0 radical (unpaired) electrons. The molecule has 0 atom stereocenters. The molecule has 1 N–H and O–H groups in total. The van der Waals surface area contributed by atoms with Gasteiger partial charge in [-0.2, -0.15) is 0 Å². The van der Waals surface area contributed by atoms with Gasteiger partial charge in [-0.15, -0.1) is 0 Å². The summed E-state index contributed by atoms with van der Waals surface area (Å²) in [4.78, 5) is 0. The fourth-order valence-corrected chi connectivity index (χ4v) is 1.57. The molecular formula is C11H14O3. The first-order chi connectivity index (χ1) is 6.76. The van der Waals surface area contributed by atoms with Gasteiger partial charge in [0.25, 0.3) is 0 Å². The van der Waals surface area contributed by atoms with Crippen LogP contribution >= 0.6 is 0 Å². The molecule has 1 aromatic rings. The molecule has 14 heavy (non-hydrogen) atoms. The van der Waals surface area contributed by atoms with E-state index < -0.39 is 0 Å². The van der Waals surface area contributed by atoms with Crippen LogP contribution in [0.1, 0.15) is 24.3 Å². The monoisotopic (exact) mass is 194 g/mol. The van der Waals surface area contributed by atoms with Crippen molar-refractivity contribution < 1.29 is 14.6 Å². The van der Waals surface area contributed by atoms with E-state index in [-0.39, 0.29) is 5.75 Å². The van der Waals surface area contributed by atoms with Crippen molar-refractivity contribution in [2.45, 2.75) is 18.8 Å². The summed E-state index contributed by atoms with van der Waals surface area (Å²) in [5.41, 5.74) is 1.19. The maximum absolute atomic E-state index is 9.67. The van der Waals surface area contributed by atoms with Gasteiger partial charge in [0.1, 0.15) is 0 Å². The lowest BCUT2D eigenvalue weighted by molar-refractivity contribution is 0.339. The fourth-order valence-electron chi connectivity index (χ4n) is 1.57. The van der Waals surface area contributed by atoms with Crippen molar-refractivity contribution in [1.29, 1.82) is 0 Å². The highest BCUT2D eigenvalue weighted by atomic mass is 16.5. The Labute approximate surface area is 83.3 Å². The zero-order valence-corrected chi connectivity index (χ0v) is 8.41. The van der Waals surface area contributed by atoms with Crippen LogP contribution in [0.15, 0.2) is 12.1 Å². The highest BCUT2D eigenvalue weighted by molar-refractivity contribution is 5.54. The van der Waals surface area contributed by atoms with Crippen LogP contribution < -0.4 is 9.47 Å². The standard InChI is InChI=1S/C11H14O3/c1-13-9-5-8(7-3-4-7)6-10(14-2)11(9)12/h5-7,12H,3-4H2,1-2H3. The Kier molecular flexibility index (Phi) is 2.23. The van der Waals surface area contributed by atoms with Gasteiger partial charge in [0, 0.05) is 0 Å². The molecule has 3 heteroatoms. The van der Waals surface area contributed by atoms with Crippen molar-refractivity contribution in [3.63, 3.8) is 0 Å². The number of aromatic hydroxyl groups is 1. The molecule has 76 valence electrons. The van der Waals surface area contributed by atoms with Gasteiger partial charge in [0.05, 0.1) is 14.2 Å². The van der Waals surface area contributed by atoms with E-state index in [1.807, 2.05) is 12.1 Å². The second-order valence-corrected chi connectivity index (χ2v) is 3.55. The number of hydrogen-bond donors (Lipinski definition) is 1. The van der Waals surface area contributed by atoms with E-state index in [1.54, 1.807) is 14.2 Å². The lowest BCUT2D eigenvalue weighted by Crippen LogP contribution is -1.91. The number of phenolic OH excluding ortho intramolecular Hbond substituents is 1. The smallest absolute Gasteiger partial charge is 0.200 e. The molecule has 1 aliphatic rings. The molecule has 0 bridgehead atoms. The average molecular weight is 194 g/mol. The average Bonchev–Trinajstić information content (AvgIpc) is 3.02. The van der Waals surface area contributed by atoms with Crippen LogP contribution in [-0.4, -0.2) is 19.3 Å². The Balaban J connectivity index is 2.43. The summed E-state index contributed by atoms with van der Waals surface area (Å²) in [7, 11) is 3.09. The van der Waals surface area contributed by atoms with Crippen LogP contribution in [-0.2, 0) is 0 Å². The third-order valence-electron chi connectivity index (χ3n) is 2.55. The minimum Gasteiger partial charge on any atom is -0.502 e. The van der Waals surface area contributed by atoms with Gasteiger partial charge < -0.3 is 14.6 Å². The predicted octanol–water partition coefficient (Wildman–Crippen LogP) is 2.29. The van der Waals surface area contributed by atoms with Crippen molar-refractivity contribution >= 4 is 0 Å². The van der Waals surface area contributed by atoms with Gasteiger partial charge >= 0.3 is 0 Å². The summed E-state index contributed by atoms with van der Waals surface area (Å²) in [6.07, 6.45) is 2.44. The molecule has 0 amide bonds. The van der Waals surface area contributed by atoms with Crippen LogP contribution in [0.2, 0.25) is 0 Å². The van der Waals surface area contributed by atoms with Crippen molar-refractivity contribution in [3.8, 4) is 17.2 Å². The first kappa shape index (κ1) is 9.19. The number of hydrogen-bond acceptors (Lipinski definition) is 3. The summed E-state index contributed by atoms with van der Waals surface area (Å²) < 4.78 is 10.2. The largest absolute Gasteiger partial charge is 0.502 e. The first-order valence-electron chi connectivity index (χ1n) is 4.71. The Hall–Kier alpha value is -1.38. The quantitative estimate of drug-likeness (QED) is 0.802. The van der Waals surface area contributed by atoms with Gasteiger partial charge in [0.15, 0.2) is 11.5 Å². The van der Waals surface area contributed by atoms with Crippen LogP contribution in [0.5, 0.6) is 17.2 Å². The Bertz CT molecular complexity index is 317. The Morgan fingerprint density at radius 3 is 2.00 bits per heavy atom. The molecule has 0 spiro atoms. The maximum atomic E-state index is 9.67. The molecule has 1 aliphatic carbocycles. The molecule has 0 saturated heterocycles. The number of phenols is 1. The highest BCUT2D eigenvalue weighted by Crippen LogP contribution is 2.46. The number of ether oxygens (including phenoxy) is 2. The van der Waals surface area contributed by atoms with Gasteiger partial charge in [-0.05, 0) is 36.5 Å². The van der Waals surface area contributed by atoms with Gasteiger partial charge in [-0.25, -0.2) is 0 Å². The topological polar surface area (TPSA) is 38.7 Å². The zero-order valence-electron chi connectivity index (χ0n) is 8.41. The van der Waals surface area contributed by atoms with Gasteiger partial charge in [0.2, 0.25) is 5.75 Å². The zero-order chi connectivity index (χ0) is 10.1. The van der Waals surface area contributed by atoms with Gasteiger partial charge in [-0.1, -0.05) is 0 Å². The van der Waals surface area contributed by atoms with E-state index in [0.29, 0.717) is 17.4 Å². The molecule has 1 aromatic carbocycles. The molecule has 0 heterocycles. The van der Waals surface area contributed by atoms with Crippen molar-refractivity contribution in [3.05, 3.63) is 17.7 Å². The molecule has 2 rings (SSSR count).